The van der Waals surface area contributed by atoms with Crippen LogP contribution in [0.3, 0.4) is 0 Å². The Bertz CT molecular complexity index is 1560. The Balaban J connectivity index is 1.86. The summed E-state index contributed by atoms with van der Waals surface area (Å²) in [7, 11) is -1.62. The van der Waals surface area contributed by atoms with Gasteiger partial charge in [-0.2, -0.15) is 4.39 Å². The van der Waals surface area contributed by atoms with Gasteiger partial charge in [0, 0.05) is 23.5 Å². The maximum atomic E-state index is 13.8. The number of aromatic amines is 1. The number of halogens is 1. The molecular formula is C25H21FN2O6S. The number of methoxy groups -OCH3 is 2. The molecule has 0 spiro atoms. The van der Waals surface area contributed by atoms with Crippen molar-refractivity contribution in [3.63, 3.8) is 0 Å². The lowest BCUT2D eigenvalue weighted by atomic mass is 10.0. The zero-order chi connectivity index (χ0) is 25.3. The highest BCUT2D eigenvalue weighted by Gasteiger charge is 2.29. The van der Waals surface area contributed by atoms with Gasteiger partial charge in [0.15, 0.2) is 4.90 Å². The Morgan fingerprint density at radius 3 is 2.20 bits per heavy atom. The van der Waals surface area contributed by atoms with Crippen LogP contribution < -0.4 is 15.0 Å². The van der Waals surface area contributed by atoms with E-state index in [4.69, 9.17) is 9.47 Å². The molecule has 0 atom stereocenters. The Kier molecular flexibility index (Phi) is 6.31. The number of rotatable bonds is 6. The van der Waals surface area contributed by atoms with Crippen molar-refractivity contribution in [2.75, 3.05) is 14.2 Å². The van der Waals surface area contributed by atoms with Gasteiger partial charge in [-0.3, -0.25) is 4.79 Å². The minimum absolute atomic E-state index is 0.0111. The van der Waals surface area contributed by atoms with Crippen molar-refractivity contribution in [3.05, 3.63) is 82.8 Å². The second kappa shape index (κ2) is 9.22. The molecule has 0 aliphatic carbocycles. The van der Waals surface area contributed by atoms with Gasteiger partial charge in [-0.25, -0.2) is 13.4 Å². The van der Waals surface area contributed by atoms with Crippen molar-refractivity contribution >= 4 is 9.84 Å². The molecule has 0 radical (unpaired) electrons. The molecule has 2 heterocycles. The second-order valence-electron chi connectivity index (χ2n) is 7.55. The summed E-state index contributed by atoms with van der Waals surface area (Å²) < 4.78 is 51.4. The summed E-state index contributed by atoms with van der Waals surface area (Å²) in [4.78, 5) is 17.6. The molecule has 35 heavy (non-hydrogen) atoms. The summed E-state index contributed by atoms with van der Waals surface area (Å²) in [6.45, 7) is 1.57. The molecule has 0 bridgehead atoms. The van der Waals surface area contributed by atoms with Crippen LogP contribution in [0.25, 0.3) is 22.3 Å². The lowest BCUT2D eigenvalue weighted by molar-refractivity contribution is 0.396. The Labute approximate surface area is 200 Å². The molecule has 2 aromatic heterocycles. The smallest absolute Gasteiger partial charge is 0.271 e. The highest BCUT2D eigenvalue weighted by Crippen LogP contribution is 2.44. The maximum absolute atomic E-state index is 13.8. The number of nitrogens with one attached hydrogen (secondary N) is 1. The van der Waals surface area contributed by atoms with Gasteiger partial charge in [0.05, 0.1) is 24.7 Å². The fourth-order valence-electron chi connectivity index (χ4n) is 3.81. The first-order valence-corrected chi connectivity index (χ1v) is 11.8. The largest absolute Gasteiger partial charge is 0.506 e. The van der Waals surface area contributed by atoms with Gasteiger partial charge in [-0.05, 0) is 48.4 Å². The van der Waals surface area contributed by atoms with Crippen molar-refractivity contribution in [2.24, 2.45) is 0 Å². The van der Waals surface area contributed by atoms with E-state index in [1.165, 1.54) is 50.9 Å². The van der Waals surface area contributed by atoms with Gasteiger partial charge >= 0.3 is 0 Å². The molecule has 180 valence electrons. The van der Waals surface area contributed by atoms with E-state index >= 15 is 0 Å². The average molecular weight is 497 g/mol. The Hall–Kier alpha value is -4.18. The fourth-order valence-corrected chi connectivity index (χ4v) is 5.21. The molecule has 10 heteroatoms. The van der Waals surface area contributed by atoms with Crippen LogP contribution in [0.5, 0.6) is 17.2 Å². The fraction of sp³-hybridized carbons (Fsp3) is 0.120. The van der Waals surface area contributed by atoms with E-state index in [1.807, 2.05) is 0 Å². The van der Waals surface area contributed by atoms with E-state index in [9.17, 15) is 22.7 Å². The van der Waals surface area contributed by atoms with Crippen molar-refractivity contribution in [1.29, 1.82) is 0 Å². The molecule has 8 nitrogen and oxygen atoms in total. The van der Waals surface area contributed by atoms with E-state index in [2.05, 4.69) is 9.97 Å². The van der Waals surface area contributed by atoms with Crippen molar-refractivity contribution in [1.82, 2.24) is 9.97 Å². The van der Waals surface area contributed by atoms with Gasteiger partial charge in [-0.15, -0.1) is 0 Å². The number of hydrogen-bond acceptors (Lipinski definition) is 7. The monoisotopic (exact) mass is 496 g/mol. The van der Waals surface area contributed by atoms with E-state index in [0.717, 1.165) is 0 Å². The second-order valence-corrected chi connectivity index (χ2v) is 9.44. The number of aromatic hydroxyl groups is 1. The lowest BCUT2D eigenvalue weighted by Gasteiger charge is -2.15. The van der Waals surface area contributed by atoms with Crippen molar-refractivity contribution in [2.45, 2.75) is 16.7 Å². The summed E-state index contributed by atoms with van der Waals surface area (Å²) in [5, 5.41) is 11.0. The number of hydrogen-bond donors (Lipinski definition) is 2. The third-order valence-electron chi connectivity index (χ3n) is 5.61. The predicted molar refractivity (Wildman–Crippen MR) is 127 cm³/mol. The Morgan fingerprint density at radius 2 is 1.60 bits per heavy atom. The van der Waals surface area contributed by atoms with Crippen LogP contribution in [0.1, 0.15) is 5.56 Å². The van der Waals surface area contributed by atoms with E-state index < -0.39 is 32.0 Å². The van der Waals surface area contributed by atoms with Gasteiger partial charge < -0.3 is 19.6 Å². The van der Waals surface area contributed by atoms with Crippen LogP contribution >= 0.6 is 0 Å². The zero-order valence-electron chi connectivity index (χ0n) is 19.0. The number of nitrogens with zero attached hydrogens (tertiary/aromatic N) is 1. The quantitative estimate of drug-likeness (QED) is 0.386. The molecule has 0 fully saturated rings. The molecule has 0 saturated heterocycles. The first-order valence-electron chi connectivity index (χ1n) is 10.3. The molecule has 0 aliphatic heterocycles. The first kappa shape index (κ1) is 24.0. The molecule has 2 N–H and O–H groups in total. The third-order valence-corrected chi connectivity index (χ3v) is 7.42. The van der Waals surface area contributed by atoms with Gasteiger partial charge in [0.2, 0.25) is 15.8 Å². The van der Waals surface area contributed by atoms with Gasteiger partial charge in [0.25, 0.3) is 5.56 Å². The number of ether oxygens (including phenoxy) is 2. The van der Waals surface area contributed by atoms with Gasteiger partial charge in [0.1, 0.15) is 17.2 Å². The number of H-pyrrole nitrogens is 1. The number of benzene rings is 2. The summed E-state index contributed by atoms with van der Waals surface area (Å²) in [6.07, 6.45) is 2.51. The number of aromatic nitrogens is 2. The maximum Gasteiger partial charge on any atom is 0.271 e. The Morgan fingerprint density at radius 1 is 0.971 bits per heavy atom. The molecule has 4 rings (SSSR count). The number of sulfone groups is 1. The molecule has 0 aliphatic rings. The van der Waals surface area contributed by atoms with Crippen LogP contribution in [0.4, 0.5) is 4.39 Å². The molecule has 0 saturated carbocycles. The highest BCUT2D eigenvalue weighted by molar-refractivity contribution is 7.91. The average Bonchev–Trinajstić information content (AvgIpc) is 2.85. The zero-order valence-corrected chi connectivity index (χ0v) is 19.8. The van der Waals surface area contributed by atoms with Crippen molar-refractivity contribution in [3.8, 4) is 39.5 Å². The summed E-state index contributed by atoms with van der Waals surface area (Å²) >= 11 is 0. The molecule has 0 amide bonds. The first-order chi connectivity index (χ1) is 16.7. The van der Waals surface area contributed by atoms with Crippen LogP contribution in [-0.4, -0.2) is 37.7 Å². The molecule has 2 aromatic carbocycles. The minimum atomic E-state index is -4.45. The van der Waals surface area contributed by atoms with Gasteiger partial charge in [-0.1, -0.05) is 18.2 Å². The summed E-state index contributed by atoms with van der Waals surface area (Å²) in [5.74, 6) is -0.759. The van der Waals surface area contributed by atoms with E-state index in [0.29, 0.717) is 28.2 Å². The molecule has 4 aromatic rings. The molecule has 0 unspecified atom stereocenters. The number of pyridine rings is 2. The summed E-state index contributed by atoms with van der Waals surface area (Å²) in [6, 6.07) is 12.1. The highest BCUT2D eigenvalue weighted by atomic mass is 32.2. The van der Waals surface area contributed by atoms with Crippen molar-refractivity contribution < 1.29 is 27.4 Å². The lowest BCUT2D eigenvalue weighted by Crippen LogP contribution is -2.18. The van der Waals surface area contributed by atoms with E-state index in [-0.39, 0.29) is 16.0 Å². The van der Waals surface area contributed by atoms with Crippen LogP contribution in [0.2, 0.25) is 0 Å². The third kappa shape index (κ3) is 4.12. The molecular weight excluding hydrogens is 475 g/mol. The summed E-state index contributed by atoms with van der Waals surface area (Å²) in [5.41, 5.74) is 0.720. The normalized spacial score (nSPS) is 11.3. The minimum Gasteiger partial charge on any atom is -0.506 e. The van der Waals surface area contributed by atoms with Crippen LogP contribution in [-0.2, 0) is 9.84 Å². The topological polar surface area (TPSA) is 119 Å². The van der Waals surface area contributed by atoms with E-state index in [1.54, 1.807) is 31.2 Å². The SMILES string of the molecule is COc1cccc(OC)c1-c1c[nH]c(=O)c(S(=O)(=O)c2ccc(-c3ccnc(F)c3C)cc2)c1O. The standard InChI is InChI=1S/C25H21FN2O6S/c1-14-17(11-12-27-24(14)26)15-7-9-16(10-8-15)35(31,32)23-22(29)18(13-28-25(23)30)21-19(33-2)5-4-6-20(21)34-3/h4-13H,1-3H3,(H2,28,29,30). The van der Waals surface area contributed by atoms with Crippen LogP contribution in [0.15, 0.2) is 75.5 Å². The van der Waals surface area contributed by atoms with Crippen LogP contribution in [0, 0.1) is 12.9 Å². The predicted octanol–water partition coefficient (Wildman–Crippen LogP) is 4.11.